The van der Waals surface area contributed by atoms with Gasteiger partial charge < -0.3 is 5.32 Å². The summed E-state index contributed by atoms with van der Waals surface area (Å²) in [5, 5.41) is 10.5. The fourth-order valence-electron chi connectivity index (χ4n) is 1.49. The van der Waals surface area contributed by atoms with E-state index >= 15 is 0 Å². The number of nitrogens with zero attached hydrogens (tertiary/aromatic N) is 1. The van der Waals surface area contributed by atoms with Crippen LogP contribution >= 0.6 is 0 Å². The van der Waals surface area contributed by atoms with E-state index in [9.17, 15) is 0 Å². The molecule has 0 aliphatic carbocycles. The summed E-state index contributed by atoms with van der Waals surface area (Å²) < 4.78 is 0. The Morgan fingerprint density at radius 3 is 2.67 bits per heavy atom. The predicted molar refractivity (Wildman–Crippen MR) is 64.0 cm³/mol. The largest absolute Gasteiger partial charge is 0.316 e. The highest BCUT2D eigenvalue weighted by molar-refractivity contribution is 5.14. The summed E-state index contributed by atoms with van der Waals surface area (Å²) in [4.78, 5) is 0. The van der Waals surface area contributed by atoms with Crippen LogP contribution < -0.4 is 5.32 Å². The molecule has 0 radical (unpaired) electrons. The molecule has 0 aliphatic rings. The van der Waals surface area contributed by atoms with Gasteiger partial charge in [-0.15, -0.1) is 0 Å². The number of nitrogens with one attached hydrogen (secondary N) is 2. The summed E-state index contributed by atoms with van der Waals surface area (Å²) in [7, 11) is 0. The topological polar surface area (TPSA) is 40.7 Å². The van der Waals surface area contributed by atoms with Crippen molar-refractivity contribution in [1.29, 1.82) is 0 Å². The molecular weight excluding hydrogens is 186 g/mol. The Balaban J connectivity index is 2.10. The summed E-state index contributed by atoms with van der Waals surface area (Å²) in [5.41, 5.74) is 2.92. The minimum Gasteiger partial charge on any atom is -0.316 e. The van der Waals surface area contributed by atoms with Gasteiger partial charge in [0.2, 0.25) is 0 Å². The van der Waals surface area contributed by atoms with E-state index in [4.69, 9.17) is 0 Å². The zero-order chi connectivity index (χ0) is 11.3. The van der Waals surface area contributed by atoms with Crippen LogP contribution in [0.4, 0.5) is 0 Å². The fourth-order valence-corrected chi connectivity index (χ4v) is 1.49. The first-order valence-electron chi connectivity index (χ1n) is 5.68. The molecule has 0 saturated heterocycles. The first-order chi connectivity index (χ1) is 6.99. The van der Waals surface area contributed by atoms with E-state index in [1.165, 1.54) is 17.7 Å². The highest BCUT2D eigenvalue weighted by Crippen LogP contribution is 2.10. The standard InChI is InChI=1S/C12H23N3/c1-10-11(8-14-15-10)6-5-7-13-9-12(2,3)4/h8,13H,5-7,9H2,1-4H3,(H,14,15). The first-order valence-corrected chi connectivity index (χ1v) is 5.68. The maximum atomic E-state index is 4.01. The van der Waals surface area contributed by atoms with Gasteiger partial charge in [-0.2, -0.15) is 5.10 Å². The molecular formula is C12H23N3. The normalized spacial score (nSPS) is 12.0. The number of aromatic amines is 1. The van der Waals surface area contributed by atoms with Crippen LogP contribution in [0.5, 0.6) is 0 Å². The Hall–Kier alpha value is -0.830. The number of hydrogen-bond acceptors (Lipinski definition) is 2. The molecule has 0 spiro atoms. The van der Waals surface area contributed by atoms with Gasteiger partial charge >= 0.3 is 0 Å². The number of rotatable bonds is 5. The van der Waals surface area contributed by atoms with Crippen LogP contribution in [0.1, 0.15) is 38.4 Å². The number of H-pyrrole nitrogens is 1. The van der Waals surface area contributed by atoms with E-state index in [-0.39, 0.29) is 0 Å². The second kappa shape index (κ2) is 5.31. The Labute approximate surface area is 92.7 Å². The average Bonchev–Trinajstić information content (AvgIpc) is 2.49. The van der Waals surface area contributed by atoms with Crippen molar-refractivity contribution in [2.75, 3.05) is 13.1 Å². The lowest BCUT2D eigenvalue weighted by Gasteiger charge is -2.18. The van der Waals surface area contributed by atoms with Crippen molar-refractivity contribution in [3.8, 4) is 0 Å². The van der Waals surface area contributed by atoms with Crippen molar-refractivity contribution >= 4 is 0 Å². The molecule has 0 fully saturated rings. The highest BCUT2D eigenvalue weighted by Gasteiger charge is 2.08. The van der Waals surface area contributed by atoms with Gasteiger partial charge in [0.05, 0.1) is 6.20 Å². The molecule has 0 aliphatic heterocycles. The summed E-state index contributed by atoms with van der Waals surface area (Å²) >= 11 is 0. The van der Waals surface area contributed by atoms with Crippen molar-refractivity contribution in [3.05, 3.63) is 17.5 Å². The van der Waals surface area contributed by atoms with E-state index in [2.05, 4.69) is 43.2 Å². The van der Waals surface area contributed by atoms with Gasteiger partial charge in [0.25, 0.3) is 0 Å². The maximum absolute atomic E-state index is 4.01. The third-order valence-electron chi connectivity index (χ3n) is 2.39. The molecule has 86 valence electrons. The van der Waals surface area contributed by atoms with Gasteiger partial charge in [-0.05, 0) is 43.8 Å². The Morgan fingerprint density at radius 2 is 2.13 bits per heavy atom. The molecule has 0 atom stereocenters. The van der Waals surface area contributed by atoms with E-state index < -0.39 is 0 Å². The molecule has 1 aromatic rings. The van der Waals surface area contributed by atoms with Gasteiger partial charge in [0.1, 0.15) is 0 Å². The van der Waals surface area contributed by atoms with E-state index in [1.807, 2.05) is 6.20 Å². The van der Waals surface area contributed by atoms with Crippen LogP contribution in [0.15, 0.2) is 6.20 Å². The van der Waals surface area contributed by atoms with Gasteiger partial charge in [-0.1, -0.05) is 20.8 Å². The van der Waals surface area contributed by atoms with Crippen molar-refractivity contribution in [3.63, 3.8) is 0 Å². The lowest BCUT2D eigenvalue weighted by molar-refractivity contribution is 0.379. The minimum atomic E-state index is 0.381. The van der Waals surface area contributed by atoms with Crippen molar-refractivity contribution in [1.82, 2.24) is 15.5 Å². The second-order valence-corrected chi connectivity index (χ2v) is 5.36. The fraction of sp³-hybridized carbons (Fsp3) is 0.750. The second-order valence-electron chi connectivity index (χ2n) is 5.36. The zero-order valence-corrected chi connectivity index (χ0v) is 10.4. The smallest absolute Gasteiger partial charge is 0.0522 e. The molecule has 3 heteroatoms. The highest BCUT2D eigenvalue weighted by atomic mass is 15.1. The molecule has 15 heavy (non-hydrogen) atoms. The molecule has 1 heterocycles. The molecule has 0 amide bonds. The number of aromatic nitrogens is 2. The predicted octanol–water partition coefficient (Wildman–Crippen LogP) is 2.29. The SMILES string of the molecule is Cc1[nH]ncc1CCCNCC(C)(C)C. The molecule has 3 nitrogen and oxygen atoms in total. The molecule has 0 aromatic carbocycles. The third kappa shape index (κ3) is 4.98. The summed E-state index contributed by atoms with van der Waals surface area (Å²) in [5.74, 6) is 0. The Kier molecular flexibility index (Phi) is 4.33. The molecule has 0 bridgehead atoms. The zero-order valence-electron chi connectivity index (χ0n) is 10.4. The summed E-state index contributed by atoms with van der Waals surface area (Å²) in [6.07, 6.45) is 4.22. The van der Waals surface area contributed by atoms with Crippen LogP contribution in [0.25, 0.3) is 0 Å². The van der Waals surface area contributed by atoms with E-state index in [0.29, 0.717) is 5.41 Å². The van der Waals surface area contributed by atoms with Crippen molar-refractivity contribution in [2.45, 2.75) is 40.5 Å². The monoisotopic (exact) mass is 209 g/mol. The van der Waals surface area contributed by atoms with Crippen LogP contribution in [0.3, 0.4) is 0 Å². The number of aryl methyl sites for hydroxylation is 2. The average molecular weight is 209 g/mol. The molecule has 1 rings (SSSR count). The van der Waals surface area contributed by atoms with Gasteiger partial charge in [0, 0.05) is 5.69 Å². The van der Waals surface area contributed by atoms with Crippen molar-refractivity contribution < 1.29 is 0 Å². The van der Waals surface area contributed by atoms with Gasteiger partial charge in [0.15, 0.2) is 0 Å². The quantitative estimate of drug-likeness (QED) is 0.730. The molecule has 0 saturated carbocycles. The van der Waals surface area contributed by atoms with Gasteiger partial charge in [-0.3, -0.25) is 5.10 Å². The van der Waals surface area contributed by atoms with Crippen LogP contribution in [0, 0.1) is 12.3 Å². The Bertz CT molecular complexity index is 283. The van der Waals surface area contributed by atoms with Crippen LogP contribution in [-0.4, -0.2) is 23.3 Å². The molecule has 2 N–H and O–H groups in total. The lowest BCUT2D eigenvalue weighted by atomic mass is 9.97. The van der Waals surface area contributed by atoms with Crippen molar-refractivity contribution in [2.24, 2.45) is 5.41 Å². The van der Waals surface area contributed by atoms with Crippen LogP contribution in [-0.2, 0) is 6.42 Å². The maximum Gasteiger partial charge on any atom is 0.0522 e. The summed E-state index contributed by atoms with van der Waals surface area (Å²) in [6, 6.07) is 0. The molecule has 1 aromatic heterocycles. The minimum absolute atomic E-state index is 0.381. The summed E-state index contributed by atoms with van der Waals surface area (Å²) in [6.45, 7) is 11.0. The first kappa shape index (κ1) is 12.2. The Morgan fingerprint density at radius 1 is 1.40 bits per heavy atom. The van der Waals surface area contributed by atoms with Crippen LogP contribution in [0.2, 0.25) is 0 Å². The lowest BCUT2D eigenvalue weighted by Crippen LogP contribution is -2.27. The third-order valence-corrected chi connectivity index (χ3v) is 2.39. The van der Waals surface area contributed by atoms with E-state index in [0.717, 1.165) is 19.5 Å². The molecule has 0 unspecified atom stereocenters. The van der Waals surface area contributed by atoms with E-state index in [1.54, 1.807) is 0 Å². The van der Waals surface area contributed by atoms with Gasteiger partial charge in [-0.25, -0.2) is 0 Å². The number of hydrogen-bond donors (Lipinski definition) is 2.